The van der Waals surface area contributed by atoms with E-state index < -0.39 is 11.0 Å². The molecule has 2 N–H and O–H groups in total. The van der Waals surface area contributed by atoms with Crippen LogP contribution in [0.25, 0.3) is 10.9 Å². The Hall–Kier alpha value is -2.50. The van der Waals surface area contributed by atoms with Crippen LogP contribution in [-0.4, -0.2) is 43.9 Å². The molecule has 6 atom stereocenters. The van der Waals surface area contributed by atoms with Gasteiger partial charge in [-0.15, -0.1) is 0 Å². The second-order valence-electron chi connectivity index (χ2n) is 11.0. The van der Waals surface area contributed by atoms with Crippen molar-refractivity contribution in [3.63, 3.8) is 0 Å². The first-order valence-electron chi connectivity index (χ1n) is 12.0. The molecule has 2 saturated carbocycles. The van der Waals surface area contributed by atoms with Gasteiger partial charge in [-0.3, -0.25) is 4.90 Å². The number of benzene rings is 2. The van der Waals surface area contributed by atoms with Gasteiger partial charge >= 0.3 is 0 Å². The van der Waals surface area contributed by atoms with E-state index in [1.54, 1.807) is 6.07 Å². The molecule has 0 bridgehead atoms. The number of fused-ring (bicyclic) bond motifs is 7. The van der Waals surface area contributed by atoms with Gasteiger partial charge in [-0.25, -0.2) is 0 Å². The second-order valence-corrected chi connectivity index (χ2v) is 11.0. The molecular formula is C27H28N2O3. The molecule has 5 heteroatoms. The summed E-state index contributed by atoms with van der Waals surface area (Å²) in [5.41, 5.74) is 4.29. The zero-order chi connectivity index (χ0) is 21.6. The van der Waals surface area contributed by atoms with Crippen LogP contribution in [0.2, 0.25) is 0 Å². The summed E-state index contributed by atoms with van der Waals surface area (Å²) in [5, 5.41) is 24.8. The van der Waals surface area contributed by atoms with E-state index in [0.717, 1.165) is 30.0 Å². The molecule has 5 aliphatic rings. The maximum Gasteiger partial charge on any atom is 0.166 e. The SMILES string of the molecule is Cc1ccc(O)c2c1[C@]13CC4[C@@H](N4CC4CC4)[C@]1(O)Cc1c(n(C)c4ccccc14)[C@@H]3O2. The molecule has 3 heterocycles. The van der Waals surface area contributed by atoms with E-state index >= 15 is 0 Å². The Kier molecular flexibility index (Phi) is 3.00. The molecule has 8 rings (SSSR count). The first kappa shape index (κ1) is 18.0. The fraction of sp³-hybridized carbons (Fsp3) is 0.481. The Morgan fingerprint density at radius 1 is 1.16 bits per heavy atom. The molecule has 1 saturated heterocycles. The number of ether oxygens (including phenoxy) is 1. The van der Waals surface area contributed by atoms with E-state index in [4.69, 9.17) is 4.74 Å². The normalized spacial score (nSPS) is 38.0. The van der Waals surface area contributed by atoms with Gasteiger partial charge in [0.2, 0.25) is 0 Å². The Morgan fingerprint density at radius 2 is 1.97 bits per heavy atom. The summed E-state index contributed by atoms with van der Waals surface area (Å²) in [5.74, 6) is 1.58. The number of aryl methyl sites for hydroxylation is 2. The van der Waals surface area contributed by atoms with Crippen LogP contribution in [0.1, 0.15) is 47.8 Å². The standard InChI is InChI=1S/C27H28N2O3/c1-14-7-10-20(30)23-21(14)26-12-19-24(29(19)13-15-8-9-15)27(26,31)11-17-16-5-3-4-6-18(16)28(2)22(17)25(26)32-23/h3-7,10,15,19,24-25,30-31H,8-9,11-13H2,1-2H3/t19?,24-,25+,26+,27-,29?/m1/s1. The third-order valence-electron chi connectivity index (χ3n) is 9.45. The minimum absolute atomic E-state index is 0.175. The molecule has 3 fully saturated rings. The fourth-order valence-corrected chi connectivity index (χ4v) is 7.95. The molecule has 164 valence electrons. The molecule has 5 nitrogen and oxygen atoms in total. The van der Waals surface area contributed by atoms with E-state index in [1.807, 2.05) is 6.07 Å². The van der Waals surface area contributed by atoms with E-state index in [1.165, 1.54) is 35.0 Å². The van der Waals surface area contributed by atoms with Gasteiger partial charge in [0.05, 0.1) is 22.8 Å². The van der Waals surface area contributed by atoms with Crippen molar-refractivity contribution >= 4 is 10.9 Å². The van der Waals surface area contributed by atoms with Crippen molar-refractivity contribution in [2.75, 3.05) is 6.54 Å². The summed E-state index contributed by atoms with van der Waals surface area (Å²) in [6, 6.07) is 12.8. The molecule has 3 aliphatic carbocycles. The average Bonchev–Trinajstić information content (AvgIpc) is 3.64. The third-order valence-corrected chi connectivity index (χ3v) is 9.45. The van der Waals surface area contributed by atoms with Crippen molar-refractivity contribution in [3.05, 3.63) is 58.8 Å². The van der Waals surface area contributed by atoms with E-state index in [9.17, 15) is 10.2 Å². The van der Waals surface area contributed by atoms with Crippen LogP contribution in [0.15, 0.2) is 36.4 Å². The molecule has 32 heavy (non-hydrogen) atoms. The van der Waals surface area contributed by atoms with Gasteiger partial charge in [-0.05, 0) is 55.4 Å². The van der Waals surface area contributed by atoms with Crippen LogP contribution in [0.3, 0.4) is 0 Å². The number of para-hydroxylation sites is 1. The van der Waals surface area contributed by atoms with Crippen LogP contribution in [0.5, 0.6) is 11.5 Å². The summed E-state index contributed by atoms with van der Waals surface area (Å²) in [7, 11) is 2.12. The summed E-state index contributed by atoms with van der Waals surface area (Å²) in [6.07, 6.45) is 3.90. The molecule has 1 aromatic heterocycles. The van der Waals surface area contributed by atoms with Crippen LogP contribution < -0.4 is 4.74 Å². The number of hydrogen-bond donors (Lipinski definition) is 2. The lowest BCUT2D eigenvalue weighted by Crippen LogP contribution is -2.60. The van der Waals surface area contributed by atoms with Crippen molar-refractivity contribution in [2.24, 2.45) is 13.0 Å². The topological polar surface area (TPSA) is 57.6 Å². The summed E-state index contributed by atoms with van der Waals surface area (Å²) in [4.78, 5) is 2.56. The monoisotopic (exact) mass is 428 g/mol. The lowest BCUT2D eigenvalue weighted by atomic mass is 9.58. The predicted octanol–water partition coefficient (Wildman–Crippen LogP) is 3.72. The number of hydrogen-bond acceptors (Lipinski definition) is 4. The first-order valence-corrected chi connectivity index (χ1v) is 12.0. The van der Waals surface area contributed by atoms with Gasteiger partial charge < -0.3 is 19.5 Å². The number of aromatic hydroxyl groups is 1. The number of aromatic nitrogens is 1. The van der Waals surface area contributed by atoms with Gasteiger partial charge in [-0.1, -0.05) is 24.3 Å². The highest BCUT2D eigenvalue weighted by atomic mass is 16.5. The van der Waals surface area contributed by atoms with E-state index in [2.05, 4.69) is 47.7 Å². The average molecular weight is 429 g/mol. The zero-order valence-corrected chi connectivity index (χ0v) is 18.5. The molecular weight excluding hydrogens is 400 g/mol. The Bertz CT molecular complexity index is 1340. The minimum Gasteiger partial charge on any atom is -0.504 e. The number of rotatable bonds is 2. The highest BCUT2D eigenvalue weighted by Crippen LogP contribution is 2.73. The van der Waals surface area contributed by atoms with Crippen molar-refractivity contribution in [1.29, 1.82) is 0 Å². The van der Waals surface area contributed by atoms with Crippen LogP contribution in [0.4, 0.5) is 0 Å². The largest absolute Gasteiger partial charge is 0.504 e. The highest BCUT2D eigenvalue weighted by Gasteiger charge is 2.81. The lowest BCUT2D eigenvalue weighted by Gasteiger charge is -2.49. The molecule has 2 aromatic carbocycles. The molecule has 3 aromatic rings. The van der Waals surface area contributed by atoms with Gasteiger partial charge in [-0.2, -0.15) is 0 Å². The summed E-state index contributed by atoms with van der Waals surface area (Å²) in [6.45, 7) is 3.22. The lowest BCUT2D eigenvalue weighted by molar-refractivity contribution is -0.0869. The van der Waals surface area contributed by atoms with E-state index in [-0.39, 0.29) is 17.9 Å². The van der Waals surface area contributed by atoms with Crippen molar-refractivity contribution in [3.8, 4) is 11.5 Å². The quantitative estimate of drug-likeness (QED) is 0.611. The molecule has 1 spiro atoms. The third kappa shape index (κ3) is 1.80. The maximum absolute atomic E-state index is 12.8. The number of phenols is 1. The second kappa shape index (κ2) is 5.35. The van der Waals surface area contributed by atoms with Gasteiger partial charge in [0, 0.05) is 42.5 Å². The highest BCUT2D eigenvalue weighted by molar-refractivity contribution is 5.87. The number of aliphatic hydroxyl groups is 1. The summed E-state index contributed by atoms with van der Waals surface area (Å²) >= 11 is 0. The molecule has 0 amide bonds. The Balaban J connectivity index is 1.41. The van der Waals surface area contributed by atoms with Gasteiger partial charge in [0.15, 0.2) is 17.6 Å². The predicted molar refractivity (Wildman–Crippen MR) is 121 cm³/mol. The van der Waals surface area contributed by atoms with Crippen LogP contribution in [0, 0.1) is 12.8 Å². The van der Waals surface area contributed by atoms with Gasteiger partial charge in [0.1, 0.15) is 0 Å². The molecule has 2 unspecified atom stereocenters. The number of piperidine rings is 1. The van der Waals surface area contributed by atoms with Crippen LogP contribution in [-0.2, 0) is 18.9 Å². The number of nitrogens with zero attached hydrogens (tertiary/aromatic N) is 2. The minimum atomic E-state index is -0.905. The van der Waals surface area contributed by atoms with Crippen LogP contribution >= 0.6 is 0 Å². The van der Waals surface area contributed by atoms with Crippen molar-refractivity contribution in [1.82, 2.24) is 9.47 Å². The smallest absolute Gasteiger partial charge is 0.166 e. The van der Waals surface area contributed by atoms with Crippen molar-refractivity contribution < 1.29 is 14.9 Å². The number of phenolic OH excluding ortho intramolecular Hbond substituents is 1. The fourth-order valence-electron chi connectivity index (χ4n) is 7.95. The Labute approximate surface area is 187 Å². The zero-order valence-electron chi connectivity index (χ0n) is 18.5. The molecule has 2 aliphatic heterocycles. The summed E-state index contributed by atoms with van der Waals surface area (Å²) < 4.78 is 8.94. The van der Waals surface area contributed by atoms with Gasteiger partial charge in [0.25, 0.3) is 0 Å². The Morgan fingerprint density at radius 3 is 2.78 bits per heavy atom. The maximum atomic E-state index is 12.8. The van der Waals surface area contributed by atoms with Crippen molar-refractivity contribution in [2.45, 2.75) is 61.8 Å². The first-order chi connectivity index (χ1) is 15.5. The molecule has 0 radical (unpaired) electrons. The van der Waals surface area contributed by atoms with E-state index in [0.29, 0.717) is 18.2 Å². The number of likely N-dealkylation sites (tertiary alicyclic amines) is 1.